The van der Waals surface area contributed by atoms with Gasteiger partial charge in [-0.2, -0.15) is 0 Å². The number of nitrogens with one attached hydrogen (secondary N) is 2. The lowest BCUT2D eigenvalue weighted by Gasteiger charge is -2.13. The van der Waals surface area contributed by atoms with Crippen molar-refractivity contribution >= 4 is 11.7 Å². The van der Waals surface area contributed by atoms with Gasteiger partial charge in [0.2, 0.25) is 0 Å². The predicted octanol–water partition coefficient (Wildman–Crippen LogP) is 0.648. The Morgan fingerprint density at radius 2 is 2.00 bits per heavy atom. The second-order valence-electron chi connectivity index (χ2n) is 3.91. The Hall–Kier alpha value is -2.54. The van der Waals surface area contributed by atoms with Crippen LogP contribution in [-0.4, -0.2) is 20.9 Å². The van der Waals surface area contributed by atoms with Crippen LogP contribution in [-0.2, 0) is 0 Å². The molecule has 1 amide bonds. The van der Waals surface area contributed by atoms with Gasteiger partial charge in [0.25, 0.3) is 5.91 Å². The average Bonchev–Trinajstić information content (AvgIpc) is 2.48. The quantitative estimate of drug-likeness (QED) is 0.549. The van der Waals surface area contributed by atoms with Crippen LogP contribution in [0.5, 0.6) is 0 Å². The highest BCUT2D eigenvalue weighted by Crippen LogP contribution is 2.11. The summed E-state index contributed by atoms with van der Waals surface area (Å²) in [4.78, 5) is 23.8. The molecule has 2 aromatic rings. The first-order chi connectivity index (χ1) is 9.20. The van der Waals surface area contributed by atoms with Crippen LogP contribution in [0.25, 0.3) is 0 Å². The number of anilines is 1. The van der Waals surface area contributed by atoms with Crippen LogP contribution in [0.3, 0.4) is 0 Å². The monoisotopic (exact) mass is 258 g/mol. The molecule has 2 aromatic heterocycles. The Morgan fingerprint density at radius 1 is 1.26 bits per heavy atom. The minimum atomic E-state index is -0.311. The zero-order valence-corrected chi connectivity index (χ0v) is 10.4. The largest absolute Gasteiger partial charge is 0.344 e. The second-order valence-corrected chi connectivity index (χ2v) is 3.91. The van der Waals surface area contributed by atoms with Gasteiger partial charge in [0.15, 0.2) is 5.82 Å². The number of nitrogen functional groups attached to an aromatic ring is 1. The van der Waals surface area contributed by atoms with Crippen molar-refractivity contribution in [2.24, 2.45) is 5.84 Å². The fourth-order valence-corrected chi connectivity index (χ4v) is 1.55. The van der Waals surface area contributed by atoms with Crippen molar-refractivity contribution in [3.05, 3.63) is 48.2 Å². The summed E-state index contributed by atoms with van der Waals surface area (Å²) in [5.74, 6) is 5.25. The first kappa shape index (κ1) is 12.9. The molecule has 1 unspecified atom stereocenters. The van der Waals surface area contributed by atoms with E-state index in [4.69, 9.17) is 5.84 Å². The van der Waals surface area contributed by atoms with Gasteiger partial charge in [0, 0.05) is 12.4 Å². The molecule has 0 aliphatic rings. The minimum absolute atomic E-state index is 0.146. The highest BCUT2D eigenvalue weighted by atomic mass is 16.1. The first-order valence-corrected chi connectivity index (χ1v) is 5.70. The van der Waals surface area contributed by atoms with Crippen molar-refractivity contribution in [2.75, 3.05) is 5.43 Å². The van der Waals surface area contributed by atoms with Crippen molar-refractivity contribution < 1.29 is 4.79 Å². The third kappa shape index (κ3) is 3.23. The van der Waals surface area contributed by atoms with Crippen molar-refractivity contribution in [3.63, 3.8) is 0 Å². The molecule has 1 atom stereocenters. The number of hydrazine groups is 1. The molecule has 0 aromatic carbocycles. The number of carbonyl (C=O) groups is 1. The molecule has 0 bridgehead atoms. The number of hydrogen-bond donors (Lipinski definition) is 3. The Labute approximate surface area is 110 Å². The summed E-state index contributed by atoms with van der Waals surface area (Å²) in [6.07, 6.45) is 6.17. The zero-order chi connectivity index (χ0) is 13.7. The van der Waals surface area contributed by atoms with Gasteiger partial charge < -0.3 is 10.7 Å². The number of nitrogens with zero attached hydrogens (tertiary/aromatic N) is 3. The van der Waals surface area contributed by atoms with Gasteiger partial charge >= 0.3 is 0 Å². The first-order valence-electron chi connectivity index (χ1n) is 5.70. The molecule has 0 fully saturated rings. The van der Waals surface area contributed by atoms with E-state index >= 15 is 0 Å². The molecule has 2 rings (SSSR count). The Balaban J connectivity index is 2.08. The fourth-order valence-electron chi connectivity index (χ4n) is 1.55. The maximum absolute atomic E-state index is 12.0. The maximum Gasteiger partial charge on any atom is 0.272 e. The average molecular weight is 258 g/mol. The molecular formula is C12H14N6O. The molecule has 19 heavy (non-hydrogen) atoms. The topological polar surface area (TPSA) is 106 Å². The van der Waals surface area contributed by atoms with Crippen molar-refractivity contribution in [2.45, 2.75) is 13.0 Å². The van der Waals surface area contributed by atoms with Crippen LogP contribution in [0.1, 0.15) is 29.0 Å². The number of rotatable bonds is 4. The number of amides is 1. The predicted molar refractivity (Wildman–Crippen MR) is 70.0 cm³/mol. The SMILES string of the molecule is CC(NC(=O)c1cncc(NN)n1)c1ccncc1. The van der Waals surface area contributed by atoms with Gasteiger partial charge in [-0.1, -0.05) is 0 Å². The third-order valence-corrected chi connectivity index (χ3v) is 2.57. The van der Waals surface area contributed by atoms with E-state index in [-0.39, 0.29) is 17.6 Å². The summed E-state index contributed by atoms with van der Waals surface area (Å²) < 4.78 is 0. The summed E-state index contributed by atoms with van der Waals surface area (Å²) in [5, 5.41) is 2.83. The Bertz CT molecular complexity index is 559. The number of carbonyl (C=O) groups excluding carboxylic acids is 1. The molecule has 4 N–H and O–H groups in total. The number of pyridine rings is 1. The van der Waals surface area contributed by atoms with Crippen LogP contribution in [0, 0.1) is 0 Å². The van der Waals surface area contributed by atoms with E-state index in [2.05, 4.69) is 25.7 Å². The third-order valence-electron chi connectivity index (χ3n) is 2.57. The zero-order valence-electron chi connectivity index (χ0n) is 10.4. The minimum Gasteiger partial charge on any atom is -0.344 e. The van der Waals surface area contributed by atoms with Gasteiger partial charge in [-0.3, -0.25) is 14.8 Å². The number of hydrogen-bond acceptors (Lipinski definition) is 6. The van der Waals surface area contributed by atoms with Crippen LogP contribution in [0.2, 0.25) is 0 Å². The van der Waals surface area contributed by atoms with Crippen molar-refractivity contribution in [1.82, 2.24) is 20.3 Å². The van der Waals surface area contributed by atoms with E-state index in [1.54, 1.807) is 12.4 Å². The number of aromatic nitrogens is 3. The summed E-state index contributed by atoms with van der Waals surface area (Å²) in [5.41, 5.74) is 3.51. The summed E-state index contributed by atoms with van der Waals surface area (Å²) >= 11 is 0. The van der Waals surface area contributed by atoms with Crippen LogP contribution in [0.4, 0.5) is 5.82 Å². The van der Waals surface area contributed by atoms with Gasteiger partial charge in [-0.05, 0) is 24.6 Å². The van der Waals surface area contributed by atoms with Crippen LogP contribution in [0.15, 0.2) is 36.9 Å². The fraction of sp³-hybridized carbons (Fsp3) is 0.167. The lowest BCUT2D eigenvalue weighted by molar-refractivity contribution is 0.0934. The molecule has 2 heterocycles. The van der Waals surface area contributed by atoms with Crippen LogP contribution >= 0.6 is 0 Å². The summed E-state index contributed by atoms with van der Waals surface area (Å²) in [6, 6.07) is 3.54. The Morgan fingerprint density at radius 3 is 2.68 bits per heavy atom. The molecule has 0 aliphatic heterocycles. The van der Waals surface area contributed by atoms with Crippen molar-refractivity contribution in [1.29, 1.82) is 0 Å². The Kier molecular flexibility index (Phi) is 3.99. The lowest BCUT2D eigenvalue weighted by atomic mass is 10.1. The van der Waals surface area contributed by atoms with Crippen LogP contribution < -0.4 is 16.6 Å². The van der Waals surface area contributed by atoms with Gasteiger partial charge in [0.05, 0.1) is 18.4 Å². The normalized spacial score (nSPS) is 11.7. The van der Waals surface area contributed by atoms with E-state index in [0.717, 1.165) is 5.56 Å². The molecular weight excluding hydrogens is 244 g/mol. The highest BCUT2D eigenvalue weighted by Gasteiger charge is 2.13. The number of nitrogens with two attached hydrogens (primary N) is 1. The van der Waals surface area contributed by atoms with E-state index in [0.29, 0.717) is 5.82 Å². The van der Waals surface area contributed by atoms with Gasteiger partial charge in [0.1, 0.15) is 5.69 Å². The molecule has 0 aliphatic carbocycles. The smallest absolute Gasteiger partial charge is 0.272 e. The maximum atomic E-state index is 12.0. The molecule has 0 saturated carbocycles. The second kappa shape index (κ2) is 5.87. The van der Waals surface area contributed by atoms with Crippen molar-refractivity contribution in [3.8, 4) is 0 Å². The molecule has 98 valence electrons. The van der Waals surface area contributed by atoms with E-state index in [1.807, 2.05) is 19.1 Å². The standard InChI is InChI=1S/C12H14N6O/c1-8(9-2-4-14-5-3-9)16-12(19)10-6-15-7-11(17-10)18-13/h2-8H,13H2,1H3,(H,16,19)(H,17,18). The van der Waals surface area contributed by atoms with E-state index in [1.165, 1.54) is 12.4 Å². The highest BCUT2D eigenvalue weighted by molar-refractivity contribution is 5.92. The lowest BCUT2D eigenvalue weighted by Crippen LogP contribution is -2.28. The van der Waals surface area contributed by atoms with Gasteiger partial charge in [-0.25, -0.2) is 10.8 Å². The molecule has 0 radical (unpaired) electrons. The summed E-state index contributed by atoms with van der Waals surface area (Å²) in [7, 11) is 0. The molecule has 0 saturated heterocycles. The van der Waals surface area contributed by atoms with E-state index < -0.39 is 0 Å². The van der Waals surface area contributed by atoms with Gasteiger partial charge in [-0.15, -0.1) is 0 Å². The summed E-state index contributed by atoms with van der Waals surface area (Å²) in [6.45, 7) is 1.88. The van der Waals surface area contributed by atoms with E-state index in [9.17, 15) is 4.79 Å². The molecule has 7 nitrogen and oxygen atoms in total. The molecule has 0 spiro atoms. The molecule has 7 heteroatoms.